The average molecular weight is 328 g/mol. The monoisotopic (exact) mass is 328 g/mol. The lowest BCUT2D eigenvalue weighted by atomic mass is 9.94. The van der Waals surface area contributed by atoms with Crippen LogP contribution in [0.3, 0.4) is 0 Å². The van der Waals surface area contributed by atoms with Crippen molar-refractivity contribution in [2.24, 2.45) is 5.92 Å². The summed E-state index contributed by atoms with van der Waals surface area (Å²) in [6.07, 6.45) is 4.67. The van der Waals surface area contributed by atoms with Crippen LogP contribution in [-0.2, 0) is 6.42 Å². The highest BCUT2D eigenvalue weighted by Gasteiger charge is 2.20. The second-order valence-electron chi connectivity index (χ2n) is 5.85. The topological polar surface area (TPSA) is 42.0 Å². The maximum absolute atomic E-state index is 12.7. The largest absolute Gasteiger partial charge is 0.345 e. The number of nitrogens with one attached hydrogen (secondary N) is 1. The molecule has 1 N–H and O–H groups in total. The number of benzene rings is 1. The molecule has 0 radical (unpaired) electrons. The smallest absolute Gasteiger partial charge is 0.254 e. The Labute approximate surface area is 142 Å². The first-order valence-corrected chi connectivity index (χ1v) is 9.18. The van der Waals surface area contributed by atoms with Crippen molar-refractivity contribution >= 4 is 17.7 Å². The lowest BCUT2D eigenvalue weighted by Gasteiger charge is -2.23. The van der Waals surface area contributed by atoms with Gasteiger partial charge < -0.3 is 5.32 Å². The zero-order chi connectivity index (χ0) is 16.8. The van der Waals surface area contributed by atoms with Gasteiger partial charge in [-0.25, -0.2) is 4.98 Å². The lowest BCUT2D eigenvalue weighted by molar-refractivity contribution is 0.0922. The van der Waals surface area contributed by atoms with Gasteiger partial charge in [0.05, 0.1) is 11.6 Å². The lowest BCUT2D eigenvalue weighted by Crippen LogP contribution is -2.32. The minimum atomic E-state index is -0.0688. The standard InChI is InChI=1S/C19H24N2OS/c1-5-14-8-10-15(11-9-14)17(13(2)3)21-18(22)16-7-6-12-20-19(16)23-4/h6-13,17H,5H2,1-4H3,(H,21,22). The molecule has 0 aliphatic rings. The number of pyridine rings is 1. The van der Waals surface area contributed by atoms with E-state index in [1.165, 1.54) is 17.3 Å². The molecule has 2 rings (SSSR count). The molecule has 0 aliphatic carbocycles. The van der Waals surface area contributed by atoms with E-state index >= 15 is 0 Å². The molecule has 1 amide bonds. The van der Waals surface area contributed by atoms with Crippen LogP contribution in [0, 0.1) is 5.92 Å². The number of aryl methyl sites for hydroxylation is 1. The molecule has 1 atom stereocenters. The van der Waals surface area contributed by atoms with E-state index < -0.39 is 0 Å². The SMILES string of the molecule is CCc1ccc(C(NC(=O)c2cccnc2SC)C(C)C)cc1. The van der Waals surface area contributed by atoms with Crippen molar-refractivity contribution in [1.29, 1.82) is 0 Å². The van der Waals surface area contributed by atoms with Crippen LogP contribution in [0.15, 0.2) is 47.6 Å². The minimum Gasteiger partial charge on any atom is -0.345 e. The number of aromatic nitrogens is 1. The molecule has 3 nitrogen and oxygen atoms in total. The predicted molar refractivity (Wildman–Crippen MR) is 96.9 cm³/mol. The van der Waals surface area contributed by atoms with Crippen LogP contribution in [0.2, 0.25) is 0 Å². The van der Waals surface area contributed by atoms with E-state index in [4.69, 9.17) is 0 Å². The highest BCUT2D eigenvalue weighted by molar-refractivity contribution is 7.98. The van der Waals surface area contributed by atoms with Crippen LogP contribution >= 0.6 is 11.8 Å². The summed E-state index contributed by atoms with van der Waals surface area (Å²) in [6.45, 7) is 6.39. The van der Waals surface area contributed by atoms with Gasteiger partial charge in [0.15, 0.2) is 0 Å². The fourth-order valence-corrected chi connectivity index (χ4v) is 3.09. The number of hydrogen-bond donors (Lipinski definition) is 1. The number of hydrogen-bond acceptors (Lipinski definition) is 3. The second kappa shape index (κ2) is 8.16. The minimum absolute atomic E-state index is 0.0108. The Morgan fingerprint density at radius 2 is 1.91 bits per heavy atom. The Morgan fingerprint density at radius 3 is 2.48 bits per heavy atom. The normalized spacial score (nSPS) is 12.2. The maximum atomic E-state index is 12.7. The molecule has 0 aliphatic heterocycles. The Morgan fingerprint density at radius 1 is 1.22 bits per heavy atom. The van der Waals surface area contributed by atoms with Crippen LogP contribution in [0.4, 0.5) is 0 Å². The van der Waals surface area contributed by atoms with Gasteiger partial charge in [0, 0.05) is 6.20 Å². The van der Waals surface area contributed by atoms with Crippen LogP contribution < -0.4 is 5.32 Å². The molecule has 0 spiro atoms. The number of carbonyl (C=O) groups is 1. The summed E-state index contributed by atoms with van der Waals surface area (Å²) in [7, 11) is 0. The third kappa shape index (κ3) is 4.35. The number of amides is 1. The molecule has 0 fully saturated rings. The van der Waals surface area contributed by atoms with Gasteiger partial charge in [0.1, 0.15) is 5.03 Å². The molecule has 0 bridgehead atoms. The highest BCUT2D eigenvalue weighted by Crippen LogP contribution is 2.24. The van der Waals surface area contributed by atoms with Gasteiger partial charge >= 0.3 is 0 Å². The third-order valence-corrected chi connectivity index (χ3v) is 4.62. The van der Waals surface area contributed by atoms with Crippen LogP contribution in [0.5, 0.6) is 0 Å². The van der Waals surface area contributed by atoms with E-state index in [-0.39, 0.29) is 11.9 Å². The highest BCUT2D eigenvalue weighted by atomic mass is 32.2. The maximum Gasteiger partial charge on any atom is 0.254 e. The van der Waals surface area contributed by atoms with E-state index in [2.05, 4.69) is 55.3 Å². The van der Waals surface area contributed by atoms with Crippen molar-refractivity contribution in [3.05, 3.63) is 59.3 Å². The molecular formula is C19H24N2OS. The molecule has 4 heteroatoms. The predicted octanol–water partition coefficient (Wildman–Crippen LogP) is 4.49. The van der Waals surface area contributed by atoms with E-state index in [9.17, 15) is 4.79 Å². The Hall–Kier alpha value is -1.81. The summed E-state index contributed by atoms with van der Waals surface area (Å²) in [5.41, 5.74) is 3.08. The van der Waals surface area contributed by atoms with Gasteiger partial charge in [0.2, 0.25) is 0 Å². The van der Waals surface area contributed by atoms with Crippen molar-refractivity contribution in [2.75, 3.05) is 6.26 Å². The Bertz CT molecular complexity index is 653. The molecule has 1 aromatic heterocycles. The summed E-state index contributed by atoms with van der Waals surface area (Å²) in [5.74, 6) is 0.238. The Balaban J connectivity index is 2.23. The van der Waals surface area contributed by atoms with E-state index in [0.29, 0.717) is 11.5 Å². The number of thioether (sulfide) groups is 1. The molecular weight excluding hydrogens is 304 g/mol. The summed E-state index contributed by atoms with van der Waals surface area (Å²) < 4.78 is 0. The van der Waals surface area contributed by atoms with Gasteiger partial charge in [-0.1, -0.05) is 45.0 Å². The van der Waals surface area contributed by atoms with Gasteiger partial charge in [-0.05, 0) is 41.9 Å². The second-order valence-corrected chi connectivity index (χ2v) is 6.65. The summed E-state index contributed by atoms with van der Waals surface area (Å²) in [6, 6.07) is 12.1. The van der Waals surface area contributed by atoms with Crippen molar-refractivity contribution in [2.45, 2.75) is 38.3 Å². The third-order valence-electron chi connectivity index (χ3n) is 3.91. The Kier molecular flexibility index (Phi) is 6.22. The molecule has 23 heavy (non-hydrogen) atoms. The van der Waals surface area contributed by atoms with Crippen molar-refractivity contribution < 1.29 is 4.79 Å². The number of carbonyl (C=O) groups excluding carboxylic acids is 1. The molecule has 1 heterocycles. The molecule has 1 aromatic carbocycles. The quantitative estimate of drug-likeness (QED) is 0.794. The van der Waals surface area contributed by atoms with Gasteiger partial charge in [-0.2, -0.15) is 0 Å². The van der Waals surface area contributed by atoms with Crippen LogP contribution in [0.25, 0.3) is 0 Å². The summed E-state index contributed by atoms with van der Waals surface area (Å²) in [4.78, 5) is 16.9. The van der Waals surface area contributed by atoms with Crippen molar-refractivity contribution in [1.82, 2.24) is 10.3 Å². The van der Waals surface area contributed by atoms with E-state index in [0.717, 1.165) is 17.0 Å². The van der Waals surface area contributed by atoms with Gasteiger partial charge in [-0.3, -0.25) is 4.79 Å². The van der Waals surface area contributed by atoms with Crippen molar-refractivity contribution in [3.8, 4) is 0 Å². The first-order chi connectivity index (χ1) is 11.1. The van der Waals surface area contributed by atoms with Crippen LogP contribution in [-0.4, -0.2) is 17.1 Å². The van der Waals surface area contributed by atoms with Gasteiger partial charge in [-0.15, -0.1) is 11.8 Å². The fraction of sp³-hybridized carbons (Fsp3) is 0.368. The molecule has 122 valence electrons. The number of rotatable bonds is 6. The van der Waals surface area contributed by atoms with Crippen LogP contribution in [0.1, 0.15) is 48.3 Å². The number of nitrogens with zero attached hydrogens (tertiary/aromatic N) is 1. The van der Waals surface area contributed by atoms with Gasteiger partial charge in [0.25, 0.3) is 5.91 Å². The zero-order valence-corrected chi connectivity index (χ0v) is 15.0. The van der Waals surface area contributed by atoms with Crippen molar-refractivity contribution in [3.63, 3.8) is 0 Å². The molecule has 0 saturated heterocycles. The van der Waals surface area contributed by atoms with E-state index in [1.54, 1.807) is 12.3 Å². The molecule has 1 unspecified atom stereocenters. The fourth-order valence-electron chi connectivity index (χ4n) is 2.54. The zero-order valence-electron chi connectivity index (χ0n) is 14.2. The first kappa shape index (κ1) is 17.5. The first-order valence-electron chi connectivity index (χ1n) is 7.95. The summed E-state index contributed by atoms with van der Waals surface area (Å²) in [5, 5.41) is 3.93. The molecule has 2 aromatic rings. The molecule has 0 saturated carbocycles. The average Bonchev–Trinajstić information content (AvgIpc) is 2.59. The summed E-state index contributed by atoms with van der Waals surface area (Å²) >= 11 is 1.49. The van der Waals surface area contributed by atoms with E-state index in [1.807, 2.05) is 12.3 Å².